The maximum absolute atomic E-state index is 12.4. The molecule has 0 radical (unpaired) electrons. The summed E-state index contributed by atoms with van der Waals surface area (Å²) >= 11 is 0. The highest BCUT2D eigenvalue weighted by atomic mass is 16.5. The molecule has 2 fully saturated rings. The largest absolute Gasteiger partial charge is 0.381 e. The number of amides is 1. The smallest absolute Gasteiger partial charge is 0.228 e. The minimum atomic E-state index is 0.0792. The third-order valence-corrected chi connectivity index (χ3v) is 4.59. The molecular formula is C18H25NO3. The third-order valence-electron chi connectivity index (χ3n) is 4.59. The molecule has 4 nitrogen and oxygen atoms in total. The van der Waals surface area contributed by atoms with Crippen LogP contribution in [-0.4, -0.2) is 43.2 Å². The van der Waals surface area contributed by atoms with Crippen LogP contribution in [0.1, 0.15) is 31.2 Å². The van der Waals surface area contributed by atoms with Crippen molar-refractivity contribution in [3.63, 3.8) is 0 Å². The minimum absolute atomic E-state index is 0.0792. The third kappa shape index (κ3) is 4.08. The molecule has 3 rings (SSSR count). The van der Waals surface area contributed by atoms with E-state index in [0.29, 0.717) is 13.2 Å². The Kier molecular flexibility index (Phi) is 5.46. The number of benzene rings is 1. The number of hydrogen-bond acceptors (Lipinski definition) is 3. The number of carbonyl (C=O) groups is 1. The summed E-state index contributed by atoms with van der Waals surface area (Å²) in [5.41, 5.74) is 1.21. The monoisotopic (exact) mass is 303 g/mol. The predicted molar refractivity (Wildman–Crippen MR) is 84.4 cm³/mol. The van der Waals surface area contributed by atoms with Crippen LogP contribution in [0.2, 0.25) is 0 Å². The molecule has 0 saturated carbocycles. The molecule has 1 amide bonds. The molecule has 4 heteroatoms. The quantitative estimate of drug-likeness (QED) is 0.858. The molecule has 0 bridgehead atoms. The number of ether oxygens (including phenoxy) is 2. The van der Waals surface area contributed by atoms with Crippen LogP contribution in [0.25, 0.3) is 0 Å². The van der Waals surface area contributed by atoms with Gasteiger partial charge in [0.15, 0.2) is 0 Å². The summed E-state index contributed by atoms with van der Waals surface area (Å²) in [5.74, 6) is 0.358. The Morgan fingerprint density at radius 2 is 1.95 bits per heavy atom. The van der Waals surface area contributed by atoms with Crippen molar-refractivity contribution in [2.24, 2.45) is 5.92 Å². The Hall–Kier alpha value is -1.39. The van der Waals surface area contributed by atoms with E-state index in [0.717, 1.165) is 45.4 Å². The highest BCUT2D eigenvalue weighted by Gasteiger charge is 2.29. The van der Waals surface area contributed by atoms with Gasteiger partial charge in [0.1, 0.15) is 0 Å². The van der Waals surface area contributed by atoms with Gasteiger partial charge in [-0.3, -0.25) is 4.79 Å². The summed E-state index contributed by atoms with van der Waals surface area (Å²) in [6, 6.07) is 10.3. The molecule has 2 heterocycles. The second kappa shape index (κ2) is 7.75. The highest BCUT2D eigenvalue weighted by Crippen LogP contribution is 2.21. The van der Waals surface area contributed by atoms with E-state index in [4.69, 9.17) is 9.47 Å². The summed E-state index contributed by atoms with van der Waals surface area (Å²) in [4.78, 5) is 14.4. The van der Waals surface area contributed by atoms with Gasteiger partial charge in [-0.05, 0) is 31.2 Å². The normalized spacial score (nSPS) is 23.5. The second-order valence-electron chi connectivity index (χ2n) is 6.24. The van der Waals surface area contributed by atoms with Crippen molar-refractivity contribution in [2.75, 3.05) is 26.3 Å². The Morgan fingerprint density at radius 3 is 2.64 bits per heavy atom. The van der Waals surface area contributed by atoms with Crippen LogP contribution < -0.4 is 0 Å². The highest BCUT2D eigenvalue weighted by molar-refractivity contribution is 5.79. The van der Waals surface area contributed by atoms with E-state index in [1.807, 2.05) is 23.1 Å². The Bertz CT molecular complexity index is 462. The van der Waals surface area contributed by atoms with E-state index >= 15 is 0 Å². The van der Waals surface area contributed by atoms with Crippen LogP contribution in [0.5, 0.6) is 0 Å². The maximum atomic E-state index is 12.4. The van der Waals surface area contributed by atoms with Gasteiger partial charge in [-0.15, -0.1) is 0 Å². The van der Waals surface area contributed by atoms with Gasteiger partial charge in [0.25, 0.3) is 0 Å². The minimum Gasteiger partial charge on any atom is -0.381 e. The average molecular weight is 303 g/mol. The van der Waals surface area contributed by atoms with E-state index < -0.39 is 0 Å². The topological polar surface area (TPSA) is 38.8 Å². The first kappa shape index (κ1) is 15.5. The molecule has 120 valence electrons. The van der Waals surface area contributed by atoms with Gasteiger partial charge < -0.3 is 14.4 Å². The zero-order chi connectivity index (χ0) is 15.2. The lowest BCUT2D eigenvalue weighted by Crippen LogP contribution is -2.45. The molecule has 1 atom stereocenters. The van der Waals surface area contributed by atoms with Crippen molar-refractivity contribution in [1.29, 1.82) is 0 Å². The molecule has 0 N–H and O–H groups in total. The van der Waals surface area contributed by atoms with Gasteiger partial charge in [-0.25, -0.2) is 0 Å². The SMILES string of the molecule is O=C(C1CCCOC1)N1CCC(OCc2ccccc2)CC1. The summed E-state index contributed by atoms with van der Waals surface area (Å²) in [6.45, 7) is 3.70. The summed E-state index contributed by atoms with van der Waals surface area (Å²) in [6.07, 6.45) is 4.13. The maximum Gasteiger partial charge on any atom is 0.228 e. The molecule has 0 spiro atoms. The van der Waals surface area contributed by atoms with Gasteiger partial charge in [-0.2, -0.15) is 0 Å². The van der Waals surface area contributed by atoms with Crippen LogP contribution >= 0.6 is 0 Å². The number of nitrogens with zero attached hydrogens (tertiary/aromatic N) is 1. The van der Waals surface area contributed by atoms with E-state index in [9.17, 15) is 4.79 Å². The summed E-state index contributed by atoms with van der Waals surface area (Å²) in [5, 5.41) is 0. The molecule has 1 aromatic carbocycles. The van der Waals surface area contributed by atoms with Gasteiger partial charge in [0.2, 0.25) is 5.91 Å². The molecule has 22 heavy (non-hydrogen) atoms. The number of hydrogen-bond donors (Lipinski definition) is 0. The Morgan fingerprint density at radius 1 is 1.18 bits per heavy atom. The Labute approximate surface area is 132 Å². The second-order valence-corrected chi connectivity index (χ2v) is 6.24. The molecule has 0 aliphatic carbocycles. The zero-order valence-electron chi connectivity index (χ0n) is 13.1. The molecular weight excluding hydrogens is 278 g/mol. The van der Waals surface area contributed by atoms with Gasteiger partial charge >= 0.3 is 0 Å². The lowest BCUT2D eigenvalue weighted by molar-refractivity contribution is -0.142. The number of carbonyl (C=O) groups excluding carboxylic acids is 1. The first-order valence-corrected chi connectivity index (χ1v) is 8.35. The molecule has 0 aromatic heterocycles. The number of rotatable bonds is 4. The predicted octanol–water partition coefficient (Wildman–Crippen LogP) is 2.62. The van der Waals surface area contributed by atoms with Crippen molar-refractivity contribution in [1.82, 2.24) is 4.90 Å². The fraction of sp³-hybridized carbons (Fsp3) is 0.611. The van der Waals surface area contributed by atoms with Crippen molar-refractivity contribution in [3.05, 3.63) is 35.9 Å². The van der Waals surface area contributed by atoms with Crippen LogP contribution in [0.3, 0.4) is 0 Å². The van der Waals surface area contributed by atoms with Crippen LogP contribution in [0, 0.1) is 5.92 Å². The van der Waals surface area contributed by atoms with Crippen molar-refractivity contribution >= 4 is 5.91 Å². The summed E-state index contributed by atoms with van der Waals surface area (Å²) in [7, 11) is 0. The molecule has 2 aliphatic heterocycles. The van der Waals surface area contributed by atoms with Gasteiger partial charge in [0, 0.05) is 19.7 Å². The Balaban J connectivity index is 1.41. The first-order chi connectivity index (χ1) is 10.8. The summed E-state index contributed by atoms with van der Waals surface area (Å²) < 4.78 is 11.4. The number of piperidine rings is 1. The fourth-order valence-electron chi connectivity index (χ4n) is 3.22. The van der Waals surface area contributed by atoms with Crippen molar-refractivity contribution in [2.45, 2.75) is 38.4 Å². The standard InChI is InChI=1S/C18H25NO3/c20-18(16-7-4-12-21-14-16)19-10-8-17(9-11-19)22-13-15-5-2-1-3-6-15/h1-3,5-6,16-17H,4,7-14H2. The molecule has 2 saturated heterocycles. The van der Waals surface area contributed by atoms with Crippen molar-refractivity contribution in [3.8, 4) is 0 Å². The fourth-order valence-corrected chi connectivity index (χ4v) is 3.22. The van der Waals surface area contributed by atoms with Crippen LogP contribution in [0.4, 0.5) is 0 Å². The average Bonchev–Trinajstić information content (AvgIpc) is 2.61. The van der Waals surface area contributed by atoms with E-state index in [1.165, 1.54) is 5.56 Å². The lowest BCUT2D eigenvalue weighted by atomic mass is 9.98. The van der Waals surface area contributed by atoms with Crippen molar-refractivity contribution < 1.29 is 14.3 Å². The lowest BCUT2D eigenvalue weighted by Gasteiger charge is -2.35. The van der Waals surface area contributed by atoms with Gasteiger partial charge in [0.05, 0.1) is 25.2 Å². The van der Waals surface area contributed by atoms with E-state index in [1.54, 1.807) is 0 Å². The molecule has 2 aliphatic rings. The number of likely N-dealkylation sites (tertiary alicyclic amines) is 1. The van der Waals surface area contributed by atoms with Crippen LogP contribution in [0.15, 0.2) is 30.3 Å². The molecule has 1 unspecified atom stereocenters. The first-order valence-electron chi connectivity index (χ1n) is 8.35. The van der Waals surface area contributed by atoms with E-state index in [-0.39, 0.29) is 17.9 Å². The van der Waals surface area contributed by atoms with Crippen LogP contribution in [-0.2, 0) is 20.9 Å². The molecule has 1 aromatic rings. The van der Waals surface area contributed by atoms with E-state index in [2.05, 4.69) is 12.1 Å². The zero-order valence-corrected chi connectivity index (χ0v) is 13.1. The van der Waals surface area contributed by atoms with Gasteiger partial charge in [-0.1, -0.05) is 30.3 Å².